The number of esters is 2. The van der Waals surface area contributed by atoms with Gasteiger partial charge in [0.05, 0.1) is 13.2 Å². The van der Waals surface area contributed by atoms with Crippen LogP contribution in [0.2, 0.25) is 0 Å². The Kier molecular flexibility index (Phi) is 42.3. The van der Waals surface area contributed by atoms with E-state index in [1.165, 1.54) is 116 Å². The molecule has 0 aromatic heterocycles. The topological polar surface area (TPSA) is 72.9 Å². The standard InChI is InChI=1S/C50H98NO5P/c1-7-11-21-32-46(33-22-12-8-2)36-30-42-55-48(52)38-25-17-15-19-27-44-57(50(54)40-29-41-51(5)6)45-28-20-16-18-26-39-49(53)56-43-31-37-47(34-23-13-9-3)35-24-14-10-4/h46-47H,7-45H2,1-6H3. The van der Waals surface area contributed by atoms with E-state index in [2.05, 4.69) is 46.7 Å². The highest BCUT2D eigenvalue weighted by Crippen LogP contribution is 2.41. The fourth-order valence-corrected chi connectivity index (χ4v) is 10.5. The minimum atomic E-state index is -0.574. The van der Waals surface area contributed by atoms with E-state index in [4.69, 9.17) is 9.47 Å². The van der Waals surface area contributed by atoms with E-state index in [9.17, 15) is 14.4 Å². The molecule has 0 rings (SSSR count). The summed E-state index contributed by atoms with van der Waals surface area (Å²) in [7, 11) is 3.58. The molecule has 0 saturated heterocycles. The molecule has 7 heteroatoms. The number of unbranched alkanes of at least 4 members (excludes halogenated alkanes) is 16. The van der Waals surface area contributed by atoms with Crippen molar-refractivity contribution in [2.75, 3.05) is 46.2 Å². The fraction of sp³-hybridized carbons (Fsp3) is 0.940. The minimum Gasteiger partial charge on any atom is -0.466 e. The molecule has 0 N–H and O–H groups in total. The van der Waals surface area contributed by atoms with Gasteiger partial charge >= 0.3 is 11.9 Å². The summed E-state index contributed by atoms with van der Waals surface area (Å²) in [6, 6.07) is 0. The molecule has 0 bridgehead atoms. The summed E-state index contributed by atoms with van der Waals surface area (Å²) < 4.78 is 11.2. The van der Waals surface area contributed by atoms with Crippen LogP contribution in [0.5, 0.6) is 0 Å². The zero-order valence-corrected chi connectivity index (χ0v) is 40.1. The molecule has 0 aliphatic rings. The Morgan fingerprint density at radius 3 is 1.14 bits per heavy atom. The maximum atomic E-state index is 13.2. The van der Waals surface area contributed by atoms with Gasteiger partial charge in [-0.25, -0.2) is 0 Å². The van der Waals surface area contributed by atoms with Crippen molar-refractivity contribution in [2.24, 2.45) is 11.8 Å². The maximum Gasteiger partial charge on any atom is 0.305 e. The third kappa shape index (κ3) is 38.9. The normalized spacial score (nSPS) is 11.8. The Hall–Kier alpha value is -1.00. The molecule has 0 unspecified atom stereocenters. The van der Waals surface area contributed by atoms with Crippen LogP contribution in [-0.2, 0) is 23.9 Å². The Labute approximate surface area is 357 Å². The molecule has 0 amide bonds. The Bertz CT molecular complexity index is 820. The van der Waals surface area contributed by atoms with Gasteiger partial charge in [0.2, 0.25) is 0 Å². The summed E-state index contributed by atoms with van der Waals surface area (Å²) in [5, 5.41) is 0. The molecule has 6 nitrogen and oxygen atoms in total. The fourth-order valence-electron chi connectivity index (χ4n) is 8.13. The lowest BCUT2D eigenvalue weighted by molar-refractivity contribution is -0.144. The van der Waals surface area contributed by atoms with Gasteiger partial charge in [0.1, 0.15) is 0 Å². The summed E-state index contributed by atoms with van der Waals surface area (Å²) in [6.45, 7) is 11.2. The van der Waals surface area contributed by atoms with Gasteiger partial charge in [-0.2, -0.15) is 0 Å². The first-order valence-corrected chi connectivity index (χ1v) is 26.7. The second-order valence-corrected chi connectivity index (χ2v) is 20.2. The van der Waals surface area contributed by atoms with Crippen molar-refractivity contribution in [3.05, 3.63) is 0 Å². The number of nitrogens with zero attached hydrogens (tertiary/aromatic N) is 1. The van der Waals surface area contributed by atoms with Crippen LogP contribution in [0.15, 0.2) is 0 Å². The molecule has 57 heavy (non-hydrogen) atoms. The Morgan fingerprint density at radius 1 is 0.421 bits per heavy atom. The summed E-state index contributed by atoms with van der Waals surface area (Å²) in [4.78, 5) is 40.1. The van der Waals surface area contributed by atoms with Crippen LogP contribution in [0, 0.1) is 11.8 Å². The third-order valence-electron chi connectivity index (χ3n) is 11.9. The van der Waals surface area contributed by atoms with Crippen molar-refractivity contribution >= 4 is 25.4 Å². The molecule has 0 fully saturated rings. The lowest BCUT2D eigenvalue weighted by atomic mass is 9.91. The molecule has 0 spiro atoms. The van der Waals surface area contributed by atoms with Gasteiger partial charge in [-0.1, -0.05) is 169 Å². The molecule has 0 heterocycles. The number of carbonyl (C=O) groups excluding carboxylic acids is 3. The molecule has 0 saturated carbocycles. The predicted molar refractivity (Wildman–Crippen MR) is 249 cm³/mol. The van der Waals surface area contributed by atoms with Crippen molar-refractivity contribution < 1.29 is 23.9 Å². The van der Waals surface area contributed by atoms with Crippen molar-refractivity contribution in [1.29, 1.82) is 0 Å². The molecule has 0 atom stereocenters. The zero-order valence-electron chi connectivity index (χ0n) is 39.2. The second-order valence-electron chi connectivity index (χ2n) is 17.8. The van der Waals surface area contributed by atoms with E-state index >= 15 is 0 Å². The first kappa shape index (κ1) is 56.0. The van der Waals surface area contributed by atoms with E-state index in [-0.39, 0.29) is 11.9 Å². The van der Waals surface area contributed by atoms with E-state index < -0.39 is 7.92 Å². The Morgan fingerprint density at radius 2 is 0.772 bits per heavy atom. The smallest absolute Gasteiger partial charge is 0.305 e. The number of hydrogen-bond acceptors (Lipinski definition) is 6. The summed E-state index contributed by atoms with van der Waals surface area (Å²) in [5.74, 6) is 1.53. The zero-order chi connectivity index (χ0) is 42.0. The average molecular weight is 824 g/mol. The minimum absolute atomic E-state index is 0.0276. The van der Waals surface area contributed by atoms with Crippen LogP contribution < -0.4 is 0 Å². The van der Waals surface area contributed by atoms with Gasteiger partial charge in [0.15, 0.2) is 5.52 Å². The first-order chi connectivity index (χ1) is 27.8. The van der Waals surface area contributed by atoms with Gasteiger partial charge in [-0.05, 0) is 111 Å². The van der Waals surface area contributed by atoms with Crippen molar-refractivity contribution in [2.45, 2.75) is 246 Å². The van der Waals surface area contributed by atoms with Gasteiger partial charge in [0, 0.05) is 19.3 Å². The van der Waals surface area contributed by atoms with Crippen LogP contribution in [0.4, 0.5) is 0 Å². The van der Waals surface area contributed by atoms with Crippen molar-refractivity contribution in [3.8, 4) is 0 Å². The predicted octanol–water partition coefficient (Wildman–Crippen LogP) is 15.2. The van der Waals surface area contributed by atoms with E-state index in [0.29, 0.717) is 38.0 Å². The summed E-state index contributed by atoms with van der Waals surface area (Å²) in [6.07, 6.45) is 41.1. The lowest BCUT2D eigenvalue weighted by Gasteiger charge is -2.17. The largest absolute Gasteiger partial charge is 0.466 e. The van der Waals surface area contributed by atoms with Crippen LogP contribution in [0.25, 0.3) is 0 Å². The maximum absolute atomic E-state index is 13.2. The molecule has 0 aliphatic heterocycles. The van der Waals surface area contributed by atoms with Crippen molar-refractivity contribution in [3.63, 3.8) is 0 Å². The molecular weight excluding hydrogens is 726 g/mol. The quantitative estimate of drug-likeness (QED) is 0.0346. The number of rotatable bonds is 45. The first-order valence-electron chi connectivity index (χ1n) is 25.0. The van der Waals surface area contributed by atoms with Gasteiger partial charge < -0.3 is 14.4 Å². The van der Waals surface area contributed by atoms with E-state index in [1.54, 1.807) is 0 Å². The van der Waals surface area contributed by atoms with E-state index in [0.717, 1.165) is 114 Å². The summed E-state index contributed by atoms with van der Waals surface area (Å²) in [5.41, 5.74) is 0.513. The highest BCUT2D eigenvalue weighted by atomic mass is 31.1. The molecule has 0 radical (unpaired) electrons. The van der Waals surface area contributed by atoms with Crippen LogP contribution in [0.3, 0.4) is 0 Å². The molecule has 0 aliphatic carbocycles. The highest BCUT2D eigenvalue weighted by Gasteiger charge is 2.17. The summed E-state index contributed by atoms with van der Waals surface area (Å²) >= 11 is 0. The average Bonchev–Trinajstić information content (AvgIpc) is 3.19. The SMILES string of the molecule is CCCCCC(CCCCC)CCCOC(=O)CCCCCCCP(CCCCCCCC(=O)OCCCC(CCCCC)CCCCC)C(=O)CCCN(C)C. The molecule has 0 aromatic rings. The molecular formula is C50H98NO5P. The van der Waals surface area contributed by atoms with Gasteiger partial charge in [0.25, 0.3) is 0 Å². The van der Waals surface area contributed by atoms with Crippen LogP contribution in [-0.4, -0.2) is 68.5 Å². The van der Waals surface area contributed by atoms with Gasteiger partial charge in [-0.3, -0.25) is 14.4 Å². The second kappa shape index (κ2) is 43.1. The molecule has 338 valence electrons. The number of ether oxygens (including phenoxy) is 2. The number of hydrogen-bond donors (Lipinski definition) is 0. The lowest BCUT2D eigenvalue weighted by Crippen LogP contribution is -2.14. The van der Waals surface area contributed by atoms with Crippen molar-refractivity contribution in [1.82, 2.24) is 4.90 Å². The van der Waals surface area contributed by atoms with Gasteiger partial charge in [-0.15, -0.1) is 0 Å². The monoisotopic (exact) mass is 824 g/mol. The molecule has 0 aromatic carbocycles. The van der Waals surface area contributed by atoms with Crippen LogP contribution >= 0.6 is 7.92 Å². The van der Waals surface area contributed by atoms with Crippen LogP contribution in [0.1, 0.15) is 246 Å². The van der Waals surface area contributed by atoms with E-state index in [1.807, 2.05) is 0 Å². The highest BCUT2D eigenvalue weighted by molar-refractivity contribution is 7.74. The number of carbonyl (C=O) groups is 3. The Balaban J connectivity index is 4.25. The third-order valence-corrected chi connectivity index (χ3v) is 14.5.